The molecule has 0 bridgehead atoms. The summed E-state index contributed by atoms with van der Waals surface area (Å²) in [4.78, 5) is 12.0. The van der Waals surface area contributed by atoms with Crippen LogP contribution < -0.4 is 11.1 Å². The van der Waals surface area contributed by atoms with Crippen LogP contribution in [0.2, 0.25) is 5.02 Å². The molecule has 1 aromatic carbocycles. The summed E-state index contributed by atoms with van der Waals surface area (Å²) in [6.07, 6.45) is 1.09. The van der Waals surface area contributed by atoms with Gasteiger partial charge in [-0.05, 0) is 47.0 Å². The molecule has 1 aliphatic rings. The first-order chi connectivity index (χ1) is 8.60. The first-order valence-corrected chi connectivity index (χ1v) is 6.88. The van der Waals surface area contributed by atoms with Crippen molar-refractivity contribution in [2.24, 2.45) is 5.73 Å². The van der Waals surface area contributed by atoms with Gasteiger partial charge in [0.15, 0.2) is 0 Å². The standard InChI is InChI=1S/C12H14BrClN2O2/c13-9-3-1-7(14)5-10(9)16-12(17)11-4-2-8(6-15)18-11/h1,3,5,8,11H,2,4,6,15H2,(H,16,17). The lowest BCUT2D eigenvalue weighted by atomic mass is 10.2. The van der Waals surface area contributed by atoms with Crippen LogP contribution in [0.5, 0.6) is 0 Å². The van der Waals surface area contributed by atoms with Crippen molar-refractivity contribution < 1.29 is 9.53 Å². The van der Waals surface area contributed by atoms with E-state index in [0.29, 0.717) is 23.7 Å². The molecule has 98 valence electrons. The fraction of sp³-hybridized carbons (Fsp3) is 0.417. The quantitative estimate of drug-likeness (QED) is 0.893. The van der Waals surface area contributed by atoms with Gasteiger partial charge in [0.2, 0.25) is 0 Å². The molecule has 0 radical (unpaired) electrons. The Bertz CT molecular complexity index is 456. The van der Waals surface area contributed by atoms with Gasteiger partial charge in [-0.15, -0.1) is 0 Å². The fourth-order valence-corrected chi connectivity index (χ4v) is 2.40. The molecule has 0 aromatic heterocycles. The third-order valence-corrected chi connectivity index (χ3v) is 3.78. The van der Waals surface area contributed by atoms with Gasteiger partial charge in [0.1, 0.15) is 6.10 Å². The number of amides is 1. The second kappa shape index (κ2) is 6.02. The fourth-order valence-electron chi connectivity index (χ4n) is 1.88. The van der Waals surface area contributed by atoms with Crippen molar-refractivity contribution in [3.63, 3.8) is 0 Å². The Hall–Kier alpha value is -0.620. The van der Waals surface area contributed by atoms with E-state index in [1.807, 2.05) is 0 Å². The van der Waals surface area contributed by atoms with E-state index in [1.54, 1.807) is 18.2 Å². The zero-order valence-corrected chi connectivity index (χ0v) is 12.0. The van der Waals surface area contributed by atoms with E-state index >= 15 is 0 Å². The van der Waals surface area contributed by atoms with Crippen LogP contribution in [0.4, 0.5) is 5.69 Å². The zero-order valence-electron chi connectivity index (χ0n) is 9.66. The molecule has 0 spiro atoms. The molecule has 6 heteroatoms. The summed E-state index contributed by atoms with van der Waals surface area (Å²) in [5.74, 6) is -0.158. The second-order valence-corrected chi connectivity index (χ2v) is 5.46. The van der Waals surface area contributed by atoms with Crippen molar-refractivity contribution in [2.45, 2.75) is 25.0 Å². The molecule has 2 unspecified atom stereocenters. The average Bonchev–Trinajstić information content (AvgIpc) is 2.82. The molecular weight excluding hydrogens is 320 g/mol. The highest BCUT2D eigenvalue weighted by atomic mass is 79.9. The van der Waals surface area contributed by atoms with Gasteiger partial charge in [0, 0.05) is 16.0 Å². The lowest BCUT2D eigenvalue weighted by Gasteiger charge is -2.13. The Morgan fingerprint density at radius 2 is 2.33 bits per heavy atom. The summed E-state index contributed by atoms with van der Waals surface area (Å²) in [6, 6.07) is 5.23. The van der Waals surface area contributed by atoms with Crippen molar-refractivity contribution in [1.82, 2.24) is 0 Å². The Balaban J connectivity index is 2.01. The monoisotopic (exact) mass is 332 g/mol. The van der Waals surface area contributed by atoms with Gasteiger partial charge in [0.05, 0.1) is 11.8 Å². The second-order valence-electron chi connectivity index (χ2n) is 4.17. The summed E-state index contributed by atoms with van der Waals surface area (Å²) >= 11 is 9.24. The Morgan fingerprint density at radius 1 is 1.56 bits per heavy atom. The molecule has 1 saturated heterocycles. The lowest BCUT2D eigenvalue weighted by Crippen LogP contribution is -2.29. The number of hydrogen-bond acceptors (Lipinski definition) is 3. The number of benzene rings is 1. The molecule has 2 rings (SSSR count). The van der Waals surface area contributed by atoms with Crippen molar-refractivity contribution in [1.29, 1.82) is 0 Å². The Morgan fingerprint density at radius 3 is 3.00 bits per heavy atom. The van der Waals surface area contributed by atoms with E-state index < -0.39 is 6.10 Å². The molecule has 2 atom stereocenters. The number of ether oxygens (including phenoxy) is 1. The topological polar surface area (TPSA) is 64.4 Å². The number of carbonyl (C=O) groups is 1. The van der Waals surface area contributed by atoms with Crippen LogP contribution in [-0.2, 0) is 9.53 Å². The smallest absolute Gasteiger partial charge is 0.253 e. The van der Waals surface area contributed by atoms with Crippen LogP contribution in [0.3, 0.4) is 0 Å². The zero-order chi connectivity index (χ0) is 13.1. The maximum absolute atomic E-state index is 12.0. The predicted octanol–water partition coefficient (Wildman–Crippen LogP) is 2.55. The number of carbonyl (C=O) groups excluding carboxylic acids is 1. The lowest BCUT2D eigenvalue weighted by molar-refractivity contribution is -0.126. The van der Waals surface area contributed by atoms with Crippen molar-refractivity contribution >= 4 is 39.1 Å². The van der Waals surface area contributed by atoms with Gasteiger partial charge in [-0.3, -0.25) is 4.79 Å². The third kappa shape index (κ3) is 3.23. The number of rotatable bonds is 3. The summed E-state index contributed by atoms with van der Waals surface area (Å²) in [7, 11) is 0. The highest BCUT2D eigenvalue weighted by Gasteiger charge is 2.30. The van der Waals surface area contributed by atoms with Crippen LogP contribution in [0.1, 0.15) is 12.8 Å². The number of nitrogens with two attached hydrogens (primary N) is 1. The normalized spacial score (nSPS) is 23.1. The summed E-state index contributed by atoms with van der Waals surface area (Å²) in [5, 5.41) is 3.37. The van der Waals surface area contributed by atoms with Gasteiger partial charge in [0.25, 0.3) is 5.91 Å². The molecule has 0 saturated carbocycles. The summed E-state index contributed by atoms with van der Waals surface area (Å²) in [5.41, 5.74) is 6.16. The summed E-state index contributed by atoms with van der Waals surface area (Å²) in [6.45, 7) is 0.449. The van der Waals surface area contributed by atoms with E-state index in [4.69, 9.17) is 22.1 Å². The van der Waals surface area contributed by atoms with Gasteiger partial charge in [-0.2, -0.15) is 0 Å². The Kier molecular flexibility index (Phi) is 4.61. The highest BCUT2D eigenvalue weighted by Crippen LogP contribution is 2.27. The minimum Gasteiger partial charge on any atom is -0.364 e. The maximum Gasteiger partial charge on any atom is 0.253 e. The van der Waals surface area contributed by atoms with E-state index in [0.717, 1.165) is 10.9 Å². The molecule has 1 heterocycles. The van der Waals surface area contributed by atoms with Crippen molar-refractivity contribution in [3.05, 3.63) is 27.7 Å². The minimum absolute atomic E-state index is 0.0106. The van der Waals surface area contributed by atoms with Gasteiger partial charge in [-0.1, -0.05) is 11.6 Å². The number of anilines is 1. The molecule has 1 fully saturated rings. The first kappa shape index (κ1) is 13.8. The van der Waals surface area contributed by atoms with E-state index in [2.05, 4.69) is 21.2 Å². The van der Waals surface area contributed by atoms with Crippen molar-refractivity contribution in [2.75, 3.05) is 11.9 Å². The predicted molar refractivity (Wildman–Crippen MR) is 74.7 cm³/mol. The van der Waals surface area contributed by atoms with Gasteiger partial charge >= 0.3 is 0 Å². The van der Waals surface area contributed by atoms with Crippen molar-refractivity contribution in [3.8, 4) is 0 Å². The molecule has 0 aliphatic carbocycles. The maximum atomic E-state index is 12.0. The minimum atomic E-state index is -0.426. The number of halogens is 2. The molecule has 3 N–H and O–H groups in total. The Labute approximate surface area is 119 Å². The number of hydrogen-bond donors (Lipinski definition) is 2. The van der Waals surface area contributed by atoms with Crippen LogP contribution in [0.15, 0.2) is 22.7 Å². The van der Waals surface area contributed by atoms with Crippen LogP contribution in [0, 0.1) is 0 Å². The molecule has 1 amide bonds. The van der Waals surface area contributed by atoms with Crippen LogP contribution in [0.25, 0.3) is 0 Å². The largest absolute Gasteiger partial charge is 0.364 e. The highest BCUT2D eigenvalue weighted by molar-refractivity contribution is 9.10. The molecule has 1 aliphatic heterocycles. The third-order valence-electron chi connectivity index (χ3n) is 2.85. The molecule has 4 nitrogen and oxygen atoms in total. The van der Waals surface area contributed by atoms with E-state index in [9.17, 15) is 4.79 Å². The molecular formula is C12H14BrClN2O2. The van der Waals surface area contributed by atoms with Gasteiger partial charge in [-0.25, -0.2) is 0 Å². The van der Waals surface area contributed by atoms with Gasteiger partial charge < -0.3 is 15.8 Å². The molecule has 18 heavy (non-hydrogen) atoms. The number of nitrogens with one attached hydrogen (secondary N) is 1. The van der Waals surface area contributed by atoms with Crippen LogP contribution >= 0.6 is 27.5 Å². The molecule has 1 aromatic rings. The van der Waals surface area contributed by atoms with E-state index in [-0.39, 0.29) is 12.0 Å². The van der Waals surface area contributed by atoms with E-state index in [1.165, 1.54) is 0 Å². The van der Waals surface area contributed by atoms with Crippen LogP contribution in [-0.4, -0.2) is 24.7 Å². The first-order valence-electron chi connectivity index (χ1n) is 5.71. The summed E-state index contributed by atoms with van der Waals surface area (Å²) < 4.78 is 6.32. The average molecular weight is 334 g/mol. The SMILES string of the molecule is NCC1CCC(C(=O)Nc2cc(Cl)ccc2Br)O1.